The molecule has 0 atom stereocenters. The molecule has 1 heterocycles. The lowest BCUT2D eigenvalue weighted by atomic mass is 10.1. The number of nitrogens with one attached hydrogen (secondary N) is 1. The first-order valence-corrected chi connectivity index (χ1v) is 9.12. The van der Waals surface area contributed by atoms with Gasteiger partial charge in [0.1, 0.15) is 5.82 Å². The first-order valence-electron chi connectivity index (χ1n) is 9.12. The van der Waals surface area contributed by atoms with Crippen LogP contribution in [0.3, 0.4) is 0 Å². The van der Waals surface area contributed by atoms with E-state index in [4.69, 9.17) is 0 Å². The fourth-order valence-corrected chi connectivity index (χ4v) is 3.33. The van der Waals surface area contributed by atoms with E-state index in [1.807, 2.05) is 35.2 Å². The summed E-state index contributed by atoms with van der Waals surface area (Å²) < 4.78 is 14.0. The molecule has 0 spiro atoms. The maximum Gasteiger partial charge on any atom is 0.234 e. The molecule has 3 rings (SSSR count). The SMILES string of the molecule is CC(=O)c1c(F)cccc1N1CCN(CC(=O)NCc2ccccc2)CC1. The summed E-state index contributed by atoms with van der Waals surface area (Å²) in [6.07, 6.45) is 0. The second-order valence-electron chi connectivity index (χ2n) is 6.72. The van der Waals surface area contributed by atoms with Gasteiger partial charge in [-0.2, -0.15) is 0 Å². The lowest BCUT2D eigenvalue weighted by Gasteiger charge is -2.36. The van der Waals surface area contributed by atoms with Crippen molar-refractivity contribution < 1.29 is 14.0 Å². The summed E-state index contributed by atoms with van der Waals surface area (Å²) >= 11 is 0. The molecule has 0 aromatic heterocycles. The van der Waals surface area contributed by atoms with Gasteiger partial charge in [-0.05, 0) is 24.6 Å². The third-order valence-electron chi connectivity index (χ3n) is 4.76. The smallest absolute Gasteiger partial charge is 0.234 e. The van der Waals surface area contributed by atoms with Gasteiger partial charge >= 0.3 is 0 Å². The highest BCUT2D eigenvalue weighted by molar-refractivity contribution is 6.00. The van der Waals surface area contributed by atoms with E-state index in [0.29, 0.717) is 45.0 Å². The molecule has 2 aromatic rings. The van der Waals surface area contributed by atoms with E-state index in [-0.39, 0.29) is 17.3 Å². The summed E-state index contributed by atoms with van der Waals surface area (Å²) in [6, 6.07) is 14.5. The largest absolute Gasteiger partial charge is 0.368 e. The van der Waals surface area contributed by atoms with Crippen LogP contribution in [-0.4, -0.2) is 49.3 Å². The molecule has 142 valence electrons. The normalized spacial score (nSPS) is 14.8. The number of hydrogen-bond donors (Lipinski definition) is 1. The number of Topliss-reactive ketones (excluding diaryl/α,β-unsaturated/α-hetero) is 1. The fourth-order valence-electron chi connectivity index (χ4n) is 3.33. The van der Waals surface area contributed by atoms with E-state index in [1.165, 1.54) is 13.0 Å². The van der Waals surface area contributed by atoms with Crippen LogP contribution >= 0.6 is 0 Å². The predicted molar refractivity (Wildman–Crippen MR) is 103 cm³/mol. The molecule has 2 aromatic carbocycles. The van der Waals surface area contributed by atoms with Crippen molar-refractivity contribution in [3.63, 3.8) is 0 Å². The average molecular weight is 369 g/mol. The summed E-state index contributed by atoms with van der Waals surface area (Å²) in [4.78, 5) is 28.0. The summed E-state index contributed by atoms with van der Waals surface area (Å²) in [7, 11) is 0. The van der Waals surface area contributed by atoms with Gasteiger partial charge in [-0.1, -0.05) is 36.4 Å². The van der Waals surface area contributed by atoms with Crippen molar-refractivity contribution in [2.75, 3.05) is 37.6 Å². The van der Waals surface area contributed by atoms with Crippen LogP contribution in [0.25, 0.3) is 0 Å². The highest BCUT2D eigenvalue weighted by Gasteiger charge is 2.23. The van der Waals surface area contributed by atoms with Crippen molar-refractivity contribution in [3.05, 3.63) is 65.5 Å². The molecular formula is C21H24FN3O2. The van der Waals surface area contributed by atoms with Crippen LogP contribution in [0.2, 0.25) is 0 Å². The first kappa shape index (κ1) is 19.0. The van der Waals surface area contributed by atoms with Gasteiger partial charge in [-0.15, -0.1) is 0 Å². The van der Waals surface area contributed by atoms with Gasteiger partial charge in [0, 0.05) is 32.7 Å². The standard InChI is InChI=1S/C21H24FN3O2/c1-16(26)21-18(22)8-5-9-19(21)25-12-10-24(11-13-25)15-20(27)23-14-17-6-3-2-4-7-17/h2-9H,10-15H2,1H3,(H,23,27). The van der Waals surface area contributed by atoms with Gasteiger partial charge in [-0.25, -0.2) is 4.39 Å². The Labute approximate surface area is 158 Å². The third kappa shape index (κ3) is 4.92. The summed E-state index contributed by atoms with van der Waals surface area (Å²) in [5, 5.41) is 2.93. The van der Waals surface area contributed by atoms with Crippen molar-refractivity contribution in [1.82, 2.24) is 10.2 Å². The Balaban J connectivity index is 1.51. The van der Waals surface area contributed by atoms with E-state index in [9.17, 15) is 14.0 Å². The van der Waals surface area contributed by atoms with Gasteiger partial charge in [0.2, 0.25) is 5.91 Å². The summed E-state index contributed by atoms with van der Waals surface area (Å²) in [5.74, 6) is -0.768. The fraction of sp³-hybridized carbons (Fsp3) is 0.333. The van der Waals surface area contributed by atoms with Crippen molar-refractivity contribution in [1.29, 1.82) is 0 Å². The lowest BCUT2D eigenvalue weighted by molar-refractivity contribution is -0.122. The molecule has 27 heavy (non-hydrogen) atoms. The van der Waals surface area contributed by atoms with Crippen molar-refractivity contribution in [3.8, 4) is 0 Å². The Kier molecular flexibility index (Phi) is 6.19. The zero-order valence-corrected chi connectivity index (χ0v) is 15.5. The topological polar surface area (TPSA) is 52.7 Å². The van der Waals surface area contributed by atoms with Crippen LogP contribution in [0.1, 0.15) is 22.8 Å². The monoisotopic (exact) mass is 369 g/mol. The molecule has 1 amide bonds. The molecule has 1 N–H and O–H groups in total. The Morgan fingerprint density at radius 3 is 2.37 bits per heavy atom. The van der Waals surface area contributed by atoms with Gasteiger partial charge in [0.05, 0.1) is 17.8 Å². The van der Waals surface area contributed by atoms with E-state index in [1.54, 1.807) is 12.1 Å². The van der Waals surface area contributed by atoms with E-state index >= 15 is 0 Å². The number of benzene rings is 2. The van der Waals surface area contributed by atoms with E-state index < -0.39 is 5.82 Å². The minimum Gasteiger partial charge on any atom is -0.368 e. The number of carbonyl (C=O) groups excluding carboxylic acids is 2. The number of carbonyl (C=O) groups is 2. The Bertz CT molecular complexity index is 802. The average Bonchev–Trinajstić information content (AvgIpc) is 2.67. The number of rotatable bonds is 6. The maximum absolute atomic E-state index is 14.0. The van der Waals surface area contributed by atoms with Crippen LogP contribution in [0.5, 0.6) is 0 Å². The van der Waals surface area contributed by atoms with Crippen molar-refractivity contribution in [2.24, 2.45) is 0 Å². The predicted octanol–water partition coefficient (Wildman–Crippen LogP) is 2.47. The number of nitrogens with zero attached hydrogens (tertiary/aromatic N) is 2. The maximum atomic E-state index is 14.0. The second kappa shape index (κ2) is 8.77. The van der Waals surface area contributed by atoms with Gasteiger partial charge in [-0.3, -0.25) is 14.5 Å². The Hall–Kier alpha value is -2.73. The number of halogens is 1. The van der Waals surface area contributed by atoms with Crippen LogP contribution in [0.15, 0.2) is 48.5 Å². The zero-order chi connectivity index (χ0) is 19.2. The van der Waals surface area contributed by atoms with Crippen LogP contribution in [0, 0.1) is 5.82 Å². The highest BCUT2D eigenvalue weighted by Crippen LogP contribution is 2.25. The quantitative estimate of drug-likeness (QED) is 0.795. The molecular weight excluding hydrogens is 345 g/mol. The number of anilines is 1. The Morgan fingerprint density at radius 1 is 1.00 bits per heavy atom. The molecule has 1 aliphatic heterocycles. The summed E-state index contributed by atoms with van der Waals surface area (Å²) in [5.41, 5.74) is 1.85. The molecule has 0 bridgehead atoms. The summed E-state index contributed by atoms with van der Waals surface area (Å²) in [6.45, 7) is 4.91. The lowest BCUT2D eigenvalue weighted by Crippen LogP contribution is -2.49. The van der Waals surface area contributed by atoms with Gasteiger partial charge < -0.3 is 10.2 Å². The van der Waals surface area contributed by atoms with Crippen LogP contribution < -0.4 is 10.2 Å². The first-order chi connectivity index (χ1) is 13.0. The number of piperazine rings is 1. The van der Waals surface area contributed by atoms with E-state index in [2.05, 4.69) is 10.2 Å². The van der Waals surface area contributed by atoms with Crippen LogP contribution in [-0.2, 0) is 11.3 Å². The van der Waals surface area contributed by atoms with Gasteiger partial charge in [0.15, 0.2) is 5.78 Å². The highest BCUT2D eigenvalue weighted by atomic mass is 19.1. The molecule has 6 heteroatoms. The molecule has 1 aliphatic rings. The molecule has 0 radical (unpaired) electrons. The molecule has 1 saturated heterocycles. The van der Waals surface area contributed by atoms with Gasteiger partial charge in [0.25, 0.3) is 0 Å². The van der Waals surface area contributed by atoms with E-state index in [0.717, 1.165) is 5.56 Å². The minimum atomic E-state index is -0.484. The number of ketones is 1. The number of amides is 1. The Morgan fingerprint density at radius 2 is 1.70 bits per heavy atom. The molecule has 0 unspecified atom stereocenters. The van der Waals surface area contributed by atoms with Crippen molar-refractivity contribution >= 4 is 17.4 Å². The minimum absolute atomic E-state index is 0.0116. The van der Waals surface area contributed by atoms with Crippen LogP contribution in [0.4, 0.5) is 10.1 Å². The molecule has 0 saturated carbocycles. The third-order valence-corrected chi connectivity index (χ3v) is 4.76. The molecule has 1 fully saturated rings. The second-order valence-corrected chi connectivity index (χ2v) is 6.72. The molecule has 0 aliphatic carbocycles. The van der Waals surface area contributed by atoms with Crippen molar-refractivity contribution in [2.45, 2.75) is 13.5 Å². The number of hydrogen-bond acceptors (Lipinski definition) is 4. The molecule has 5 nitrogen and oxygen atoms in total. The zero-order valence-electron chi connectivity index (χ0n) is 15.5.